The molecule has 0 radical (unpaired) electrons. The number of hydrogen-bond donors (Lipinski definition) is 1. The summed E-state index contributed by atoms with van der Waals surface area (Å²) in [7, 11) is 2.02. The van der Waals surface area contributed by atoms with Crippen LogP contribution in [0.2, 0.25) is 5.02 Å². The molecule has 0 bridgehead atoms. The number of aromatic nitrogens is 1. The predicted molar refractivity (Wildman–Crippen MR) is 157 cm³/mol. The van der Waals surface area contributed by atoms with Crippen LogP contribution in [0.5, 0.6) is 5.75 Å². The van der Waals surface area contributed by atoms with Crippen LogP contribution in [-0.2, 0) is 6.54 Å². The highest BCUT2D eigenvalue weighted by atomic mass is 35.5. The van der Waals surface area contributed by atoms with Gasteiger partial charge in [0.2, 0.25) is 0 Å². The molecule has 2 aromatic heterocycles. The maximum absolute atomic E-state index is 14.2. The third-order valence-corrected chi connectivity index (χ3v) is 9.13. The first-order valence-corrected chi connectivity index (χ1v) is 14.5. The van der Waals surface area contributed by atoms with Gasteiger partial charge in [-0.05, 0) is 88.0 Å². The Morgan fingerprint density at radius 2 is 1.87 bits per heavy atom. The van der Waals surface area contributed by atoms with E-state index in [1.165, 1.54) is 11.3 Å². The summed E-state index contributed by atoms with van der Waals surface area (Å²) in [5, 5.41) is 4.90. The molecule has 1 aliphatic rings. The van der Waals surface area contributed by atoms with Crippen molar-refractivity contribution in [2.24, 2.45) is 0 Å². The zero-order valence-corrected chi connectivity index (χ0v) is 23.7. The molecule has 5 nitrogen and oxygen atoms in total. The predicted octanol–water partition coefficient (Wildman–Crippen LogP) is 7.50. The molecule has 0 saturated heterocycles. The second-order valence-corrected chi connectivity index (χ2v) is 11.3. The minimum atomic E-state index is -0.00304. The van der Waals surface area contributed by atoms with E-state index in [-0.39, 0.29) is 11.9 Å². The van der Waals surface area contributed by atoms with Crippen molar-refractivity contribution in [3.05, 3.63) is 82.0 Å². The molecule has 38 heavy (non-hydrogen) atoms. The molecule has 1 amide bonds. The summed E-state index contributed by atoms with van der Waals surface area (Å²) in [6.07, 6.45) is 5.82. The molecule has 2 aromatic carbocycles. The van der Waals surface area contributed by atoms with E-state index in [4.69, 9.17) is 16.3 Å². The van der Waals surface area contributed by atoms with Crippen molar-refractivity contribution in [3.8, 4) is 16.9 Å². The Morgan fingerprint density at radius 3 is 2.58 bits per heavy atom. The van der Waals surface area contributed by atoms with Gasteiger partial charge in [-0.3, -0.25) is 9.78 Å². The lowest BCUT2D eigenvalue weighted by Gasteiger charge is -2.37. The third kappa shape index (κ3) is 5.58. The number of amides is 1. The topological polar surface area (TPSA) is 54.5 Å². The molecule has 7 heteroatoms. The van der Waals surface area contributed by atoms with Crippen LogP contribution in [0.3, 0.4) is 0 Å². The molecule has 0 atom stereocenters. The first-order chi connectivity index (χ1) is 18.5. The smallest absolute Gasteiger partial charge is 0.266 e. The summed E-state index contributed by atoms with van der Waals surface area (Å²) in [6, 6.07) is 19.0. The number of ether oxygens (including phenoxy) is 1. The third-order valence-electron chi connectivity index (χ3n) is 7.47. The molecular weight excluding hydrogens is 514 g/mol. The van der Waals surface area contributed by atoms with Crippen molar-refractivity contribution in [3.63, 3.8) is 0 Å². The lowest BCUT2D eigenvalue weighted by atomic mass is 9.89. The molecule has 1 N–H and O–H groups in total. The Bertz CT molecular complexity index is 1430. The molecule has 198 valence electrons. The van der Waals surface area contributed by atoms with E-state index in [1.54, 1.807) is 0 Å². The Balaban J connectivity index is 1.54. The van der Waals surface area contributed by atoms with Crippen LogP contribution in [0, 0.1) is 6.92 Å². The van der Waals surface area contributed by atoms with Crippen LogP contribution in [0.15, 0.2) is 60.8 Å². The molecule has 1 aliphatic carbocycles. The number of aryl methyl sites for hydroxylation is 1. The van der Waals surface area contributed by atoms with Crippen LogP contribution in [0.4, 0.5) is 0 Å². The van der Waals surface area contributed by atoms with Gasteiger partial charge in [0.15, 0.2) is 0 Å². The number of fused-ring (bicyclic) bond motifs is 1. The number of carbonyl (C=O) groups is 1. The Labute approximate surface area is 233 Å². The van der Waals surface area contributed by atoms with Gasteiger partial charge in [0.25, 0.3) is 5.91 Å². The number of hydrogen-bond acceptors (Lipinski definition) is 5. The van der Waals surface area contributed by atoms with Gasteiger partial charge in [-0.1, -0.05) is 35.9 Å². The average Bonchev–Trinajstić information content (AvgIpc) is 3.28. The summed E-state index contributed by atoms with van der Waals surface area (Å²) in [5.41, 5.74) is 4.15. The SMILES string of the molecule is CCOc1ccc(-c2ccnc(C)c2)cc1CN(C(=O)c1sc2ccccc2c1Cl)C1CCC(NC)CC1. The molecule has 1 fully saturated rings. The molecule has 1 saturated carbocycles. The number of rotatable bonds is 8. The Kier molecular flexibility index (Phi) is 8.32. The van der Waals surface area contributed by atoms with E-state index >= 15 is 0 Å². The molecular formula is C31H34ClN3O2S. The first-order valence-electron chi connectivity index (χ1n) is 13.3. The molecule has 0 unspecified atom stereocenters. The van der Waals surface area contributed by atoms with Crippen LogP contribution < -0.4 is 10.1 Å². The molecule has 2 heterocycles. The van der Waals surface area contributed by atoms with E-state index in [9.17, 15) is 4.79 Å². The maximum Gasteiger partial charge on any atom is 0.266 e. The number of halogens is 1. The summed E-state index contributed by atoms with van der Waals surface area (Å²) < 4.78 is 7.08. The number of nitrogens with zero attached hydrogens (tertiary/aromatic N) is 2. The van der Waals surface area contributed by atoms with E-state index in [0.29, 0.717) is 29.1 Å². The normalized spacial score (nSPS) is 17.5. The van der Waals surface area contributed by atoms with Gasteiger partial charge in [-0.2, -0.15) is 0 Å². The highest BCUT2D eigenvalue weighted by molar-refractivity contribution is 7.21. The molecule has 5 rings (SSSR count). The minimum absolute atomic E-state index is 0.00304. The zero-order valence-electron chi connectivity index (χ0n) is 22.2. The van der Waals surface area contributed by atoms with Gasteiger partial charge in [-0.25, -0.2) is 0 Å². The van der Waals surface area contributed by atoms with E-state index < -0.39 is 0 Å². The highest BCUT2D eigenvalue weighted by Crippen LogP contribution is 2.38. The van der Waals surface area contributed by atoms with Crippen molar-refractivity contribution >= 4 is 38.9 Å². The summed E-state index contributed by atoms with van der Waals surface area (Å²) in [6.45, 7) is 5.01. The quantitative estimate of drug-likeness (QED) is 0.248. The van der Waals surface area contributed by atoms with Crippen LogP contribution in [0.1, 0.15) is 53.5 Å². The lowest BCUT2D eigenvalue weighted by Crippen LogP contribution is -2.44. The summed E-state index contributed by atoms with van der Waals surface area (Å²) >= 11 is 8.29. The zero-order chi connectivity index (χ0) is 26.6. The van der Waals surface area contributed by atoms with Crippen molar-refractivity contribution < 1.29 is 9.53 Å². The number of carbonyl (C=O) groups excluding carboxylic acids is 1. The fraction of sp³-hybridized carbons (Fsp3) is 0.355. The summed E-state index contributed by atoms with van der Waals surface area (Å²) in [4.78, 5) is 21.2. The van der Waals surface area contributed by atoms with E-state index in [1.807, 2.05) is 68.4 Å². The maximum atomic E-state index is 14.2. The largest absolute Gasteiger partial charge is 0.494 e. The van der Waals surface area contributed by atoms with Gasteiger partial charge in [0.1, 0.15) is 10.6 Å². The van der Waals surface area contributed by atoms with Crippen molar-refractivity contribution in [1.82, 2.24) is 15.2 Å². The number of benzene rings is 2. The van der Waals surface area contributed by atoms with Gasteiger partial charge in [0, 0.05) is 46.2 Å². The van der Waals surface area contributed by atoms with Crippen molar-refractivity contribution in [2.45, 2.75) is 58.2 Å². The van der Waals surface area contributed by atoms with Gasteiger partial charge >= 0.3 is 0 Å². The van der Waals surface area contributed by atoms with Crippen LogP contribution >= 0.6 is 22.9 Å². The molecule has 4 aromatic rings. The fourth-order valence-electron chi connectivity index (χ4n) is 5.41. The van der Waals surface area contributed by atoms with Gasteiger partial charge in [-0.15, -0.1) is 11.3 Å². The number of thiophene rings is 1. The van der Waals surface area contributed by atoms with E-state index in [2.05, 4.69) is 28.5 Å². The summed E-state index contributed by atoms with van der Waals surface area (Å²) in [5.74, 6) is 0.808. The average molecular weight is 548 g/mol. The number of pyridine rings is 1. The standard InChI is InChI=1S/C31H34ClN3O2S/c1-4-37-27-14-9-21(22-15-16-34-20(2)17-22)18-23(27)19-35(25-12-10-24(33-3)11-13-25)31(36)30-29(32)26-7-5-6-8-28(26)38-30/h5-9,14-18,24-25,33H,4,10-13,19H2,1-3H3. The monoisotopic (exact) mass is 547 g/mol. The van der Waals surface area contributed by atoms with Gasteiger partial charge < -0.3 is 15.0 Å². The second-order valence-electron chi connectivity index (χ2n) is 9.91. The molecule has 0 aliphatic heterocycles. The lowest BCUT2D eigenvalue weighted by molar-refractivity contribution is 0.0604. The Morgan fingerprint density at radius 1 is 1.11 bits per heavy atom. The van der Waals surface area contributed by atoms with Gasteiger partial charge in [0.05, 0.1) is 11.6 Å². The second kappa shape index (κ2) is 11.9. The van der Waals surface area contributed by atoms with Crippen molar-refractivity contribution in [1.29, 1.82) is 0 Å². The minimum Gasteiger partial charge on any atom is -0.494 e. The molecule has 0 spiro atoms. The Hall–Kier alpha value is -2.93. The van der Waals surface area contributed by atoms with E-state index in [0.717, 1.165) is 63.9 Å². The highest BCUT2D eigenvalue weighted by Gasteiger charge is 2.32. The van der Waals surface area contributed by atoms with Crippen molar-refractivity contribution in [2.75, 3.05) is 13.7 Å². The fourth-order valence-corrected chi connectivity index (χ4v) is 6.88. The number of nitrogens with one attached hydrogen (secondary N) is 1. The van der Waals surface area contributed by atoms with Crippen LogP contribution in [-0.4, -0.2) is 41.5 Å². The first kappa shape index (κ1) is 26.7. The van der Waals surface area contributed by atoms with Crippen LogP contribution in [0.25, 0.3) is 21.2 Å².